The van der Waals surface area contributed by atoms with Crippen molar-refractivity contribution < 1.29 is 4.79 Å². The molecule has 1 aromatic heterocycles. The van der Waals surface area contributed by atoms with Crippen molar-refractivity contribution in [2.75, 3.05) is 5.75 Å². The van der Waals surface area contributed by atoms with E-state index in [9.17, 15) is 9.59 Å². The van der Waals surface area contributed by atoms with Crippen molar-refractivity contribution in [3.63, 3.8) is 0 Å². The Hall–Kier alpha value is -2.60. The first-order valence-corrected chi connectivity index (χ1v) is 12.4. The molecule has 0 spiro atoms. The number of benzene rings is 2. The third-order valence-electron chi connectivity index (χ3n) is 6.67. The Bertz CT molecular complexity index is 1160. The van der Waals surface area contributed by atoms with E-state index < -0.39 is 0 Å². The summed E-state index contributed by atoms with van der Waals surface area (Å²) in [5.74, 6) is 1.36. The van der Waals surface area contributed by atoms with Gasteiger partial charge < -0.3 is 5.32 Å². The van der Waals surface area contributed by atoms with Crippen LogP contribution in [0.3, 0.4) is 0 Å². The zero-order valence-electron chi connectivity index (χ0n) is 19.0. The summed E-state index contributed by atoms with van der Waals surface area (Å²) in [5, 5.41) is 4.40. The minimum absolute atomic E-state index is 0.00486. The van der Waals surface area contributed by atoms with Gasteiger partial charge in [-0.1, -0.05) is 80.4 Å². The fourth-order valence-corrected chi connectivity index (χ4v) is 5.25. The van der Waals surface area contributed by atoms with Crippen LogP contribution in [0.1, 0.15) is 44.2 Å². The van der Waals surface area contributed by atoms with E-state index in [1.165, 1.54) is 23.7 Å². The zero-order valence-corrected chi connectivity index (χ0v) is 19.8. The second-order valence-corrected chi connectivity index (χ2v) is 9.96. The first-order valence-electron chi connectivity index (χ1n) is 11.4. The molecule has 4 rings (SSSR count). The van der Waals surface area contributed by atoms with Crippen molar-refractivity contribution >= 4 is 28.6 Å². The minimum atomic E-state index is -0.0752. The van der Waals surface area contributed by atoms with Gasteiger partial charge in [0.25, 0.3) is 5.56 Å². The maximum Gasteiger partial charge on any atom is 0.262 e. The van der Waals surface area contributed by atoms with E-state index in [1.807, 2.05) is 55.5 Å². The minimum Gasteiger partial charge on any atom is -0.352 e. The highest BCUT2D eigenvalue weighted by Gasteiger charge is 2.28. The smallest absolute Gasteiger partial charge is 0.262 e. The molecule has 0 saturated heterocycles. The lowest BCUT2D eigenvalue weighted by Crippen LogP contribution is -2.44. The Labute approximate surface area is 193 Å². The van der Waals surface area contributed by atoms with Gasteiger partial charge in [-0.3, -0.25) is 14.2 Å². The molecule has 3 aromatic rings. The van der Waals surface area contributed by atoms with Gasteiger partial charge in [-0.2, -0.15) is 0 Å². The van der Waals surface area contributed by atoms with Gasteiger partial charge in [0.2, 0.25) is 5.91 Å². The topological polar surface area (TPSA) is 64.0 Å². The summed E-state index contributed by atoms with van der Waals surface area (Å²) < 4.78 is 1.69. The molecule has 6 heteroatoms. The number of nitrogens with one attached hydrogen (secondary N) is 1. The van der Waals surface area contributed by atoms with E-state index in [1.54, 1.807) is 4.57 Å². The number of para-hydroxylation sites is 1. The molecule has 0 bridgehead atoms. The lowest BCUT2D eigenvalue weighted by molar-refractivity contribution is -0.120. The van der Waals surface area contributed by atoms with Gasteiger partial charge in [0, 0.05) is 6.04 Å². The number of carbonyl (C=O) groups is 1. The summed E-state index contributed by atoms with van der Waals surface area (Å²) >= 11 is 1.34. The molecule has 3 atom stereocenters. The average Bonchev–Trinajstić information content (AvgIpc) is 2.79. The maximum atomic E-state index is 13.3. The number of carbonyl (C=O) groups excluding carboxylic acids is 1. The molecule has 1 fully saturated rings. The van der Waals surface area contributed by atoms with Crippen LogP contribution in [0, 0.1) is 18.8 Å². The molecule has 0 radical (unpaired) electrons. The van der Waals surface area contributed by atoms with Gasteiger partial charge >= 0.3 is 0 Å². The molecule has 1 saturated carbocycles. The normalized spacial score (nSPS) is 20.9. The molecule has 1 amide bonds. The van der Waals surface area contributed by atoms with Crippen LogP contribution in [0.2, 0.25) is 0 Å². The van der Waals surface area contributed by atoms with E-state index in [0.717, 1.165) is 18.4 Å². The first kappa shape index (κ1) is 22.6. The molecule has 1 N–H and O–H groups in total. The van der Waals surface area contributed by atoms with Gasteiger partial charge in [0.1, 0.15) is 0 Å². The highest BCUT2D eigenvalue weighted by molar-refractivity contribution is 7.99. The maximum absolute atomic E-state index is 13.3. The number of thioether (sulfide) groups is 1. The van der Waals surface area contributed by atoms with Crippen molar-refractivity contribution in [2.45, 2.75) is 57.8 Å². The predicted molar refractivity (Wildman–Crippen MR) is 131 cm³/mol. The summed E-state index contributed by atoms with van der Waals surface area (Å²) in [5.41, 5.74) is 2.80. The third kappa shape index (κ3) is 5.07. The molecule has 168 valence electrons. The summed E-state index contributed by atoms with van der Waals surface area (Å²) in [6.45, 7) is 6.96. The van der Waals surface area contributed by atoms with Gasteiger partial charge in [0.15, 0.2) is 5.16 Å². The highest BCUT2D eigenvalue weighted by atomic mass is 32.2. The van der Waals surface area contributed by atoms with Crippen LogP contribution in [0.4, 0.5) is 0 Å². The summed E-state index contributed by atoms with van der Waals surface area (Å²) in [4.78, 5) is 30.8. The van der Waals surface area contributed by atoms with Gasteiger partial charge in [-0.05, 0) is 42.9 Å². The van der Waals surface area contributed by atoms with Gasteiger partial charge in [-0.15, -0.1) is 0 Å². The second kappa shape index (κ2) is 9.90. The van der Waals surface area contributed by atoms with E-state index in [-0.39, 0.29) is 23.3 Å². The molecule has 1 aliphatic rings. The average molecular weight is 450 g/mol. The monoisotopic (exact) mass is 449 g/mol. The summed E-state index contributed by atoms with van der Waals surface area (Å²) in [6, 6.07) is 15.8. The molecule has 3 unspecified atom stereocenters. The third-order valence-corrected chi connectivity index (χ3v) is 7.65. The molecule has 5 nitrogen and oxygen atoms in total. The van der Waals surface area contributed by atoms with E-state index >= 15 is 0 Å². The van der Waals surface area contributed by atoms with E-state index in [2.05, 4.69) is 19.2 Å². The van der Waals surface area contributed by atoms with Gasteiger partial charge in [0.05, 0.1) is 23.2 Å². The number of amides is 1. The number of rotatable bonds is 6. The van der Waals surface area contributed by atoms with Crippen LogP contribution in [0.25, 0.3) is 10.9 Å². The fourth-order valence-electron chi connectivity index (χ4n) is 4.44. The number of fused-ring (bicyclic) bond motifs is 1. The summed E-state index contributed by atoms with van der Waals surface area (Å²) in [6.07, 6.45) is 3.43. The van der Waals surface area contributed by atoms with Crippen molar-refractivity contribution in [3.05, 3.63) is 70.0 Å². The number of hydrogen-bond donors (Lipinski definition) is 1. The molecular weight excluding hydrogens is 418 g/mol. The van der Waals surface area contributed by atoms with Crippen LogP contribution < -0.4 is 10.9 Å². The van der Waals surface area contributed by atoms with Crippen LogP contribution >= 0.6 is 11.8 Å². The van der Waals surface area contributed by atoms with Crippen molar-refractivity contribution in [1.29, 1.82) is 0 Å². The molecule has 0 aliphatic heterocycles. The van der Waals surface area contributed by atoms with E-state index in [0.29, 0.717) is 34.4 Å². The van der Waals surface area contributed by atoms with Crippen LogP contribution in [0.15, 0.2) is 58.5 Å². The number of hydrogen-bond acceptors (Lipinski definition) is 4. The fraction of sp³-hybridized carbons (Fsp3) is 0.423. The lowest BCUT2D eigenvalue weighted by atomic mass is 9.78. The van der Waals surface area contributed by atoms with Gasteiger partial charge in [-0.25, -0.2) is 4.98 Å². The first-order chi connectivity index (χ1) is 15.4. The number of aryl methyl sites for hydroxylation is 1. The lowest BCUT2D eigenvalue weighted by Gasteiger charge is -2.34. The Kier molecular flexibility index (Phi) is 6.99. The Morgan fingerprint density at radius 3 is 2.66 bits per heavy atom. The molecule has 32 heavy (non-hydrogen) atoms. The zero-order chi connectivity index (χ0) is 22.7. The van der Waals surface area contributed by atoms with Crippen LogP contribution in [-0.2, 0) is 11.3 Å². The largest absolute Gasteiger partial charge is 0.352 e. The number of aromatic nitrogens is 2. The molecular formula is C26H31N3O2S. The van der Waals surface area contributed by atoms with Crippen LogP contribution in [-0.4, -0.2) is 27.3 Å². The predicted octanol–water partition coefficient (Wildman–Crippen LogP) is 4.79. The Morgan fingerprint density at radius 1 is 1.12 bits per heavy atom. The van der Waals surface area contributed by atoms with Crippen molar-refractivity contribution in [2.24, 2.45) is 11.8 Å². The molecule has 2 aromatic carbocycles. The number of nitrogens with zero attached hydrogens (tertiary/aromatic N) is 2. The summed E-state index contributed by atoms with van der Waals surface area (Å²) in [7, 11) is 0. The Morgan fingerprint density at radius 2 is 1.88 bits per heavy atom. The quantitative estimate of drug-likeness (QED) is 0.434. The highest BCUT2D eigenvalue weighted by Crippen LogP contribution is 2.29. The Balaban J connectivity index is 1.56. The van der Waals surface area contributed by atoms with Crippen LogP contribution in [0.5, 0.6) is 0 Å². The molecule has 1 aliphatic carbocycles. The second-order valence-electron chi connectivity index (χ2n) is 9.02. The van der Waals surface area contributed by atoms with E-state index in [4.69, 9.17) is 4.98 Å². The van der Waals surface area contributed by atoms with Crippen molar-refractivity contribution in [1.82, 2.24) is 14.9 Å². The van der Waals surface area contributed by atoms with Crippen molar-refractivity contribution in [3.8, 4) is 0 Å². The SMILES string of the molecule is Cc1ccc(Cn2c(SCC(=O)NC3CCCC(C)C3C)nc3ccccc3c2=O)cc1. The standard InChI is InChI=1S/C26H31N3O2S/c1-17-11-13-20(14-12-17)15-29-25(31)21-8-4-5-9-23(21)28-26(29)32-16-24(30)27-22-10-6-7-18(2)19(22)3/h4-5,8-9,11-14,18-19,22H,6-7,10,15-16H2,1-3H3,(H,27,30). The molecule has 1 heterocycles.